The van der Waals surface area contributed by atoms with Crippen molar-refractivity contribution in [2.75, 3.05) is 20.2 Å². The van der Waals surface area contributed by atoms with E-state index < -0.39 is 0 Å². The Morgan fingerprint density at radius 1 is 1.35 bits per heavy atom. The standard InChI is InChI=1S/C15H24N2O3/c1-4-6-9-16(3)14(18)12-17-10-7-8-13(15(17)19)20-11-5-2/h7-8,10H,4-6,9,11-12H2,1-3H3. The number of carbonyl (C=O) groups excluding carboxylic acids is 1. The minimum Gasteiger partial charge on any atom is -0.488 e. The lowest BCUT2D eigenvalue weighted by molar-refractivity contribution is -0.130. The summed E-state index contributed by atoms with van der Waals surface area (Å²) in [5, 5.41) is 0. The van der Waals surface area contributed by atoms with Crippen LogP contribution in [0.1, 0.15) is 33.1 Å². The van der Waals surface area contributed by atoms with E-state index >= 15 is 0 Å². The molecule has 1 amide bonds. The molecule has 0 N–H and O–H groups in total. The van der Waals surface area contributed by atoms with Gasteiger partial charge in [0.25, 0.3) is 5.56 Å². The highest BCUT2D eigenvalue weighted by Gasteiger charge is 2.11. The Morgan fingerprint density at radius 2 is 2.10 bits per heavy atom. The average Bonchev–Trinajstić information content (AvgIpc) is 2.45. The third kappa shape index (κ3) is 4.72. The van der Waals surface area contributed by atoms with Crippen molar-refractivity contribution in [1.29, 1.82) is 0 Å². The number of aromatic nitrogens is 1. The van der Waals surface area contributed by atoms with Crippen LogP contribution in [0.25, 0.3) is 0 Å². The summed E-state index contributed by atoms with van der Waals surface area (Å²) in [6.45, 7) is 5.34. The quantitative estimate of drug-likeness (QED) is 0.730. The van der Waals surface area contributed by atoms with Gasteiger partial charge in [0.1, 0.15) is 6.54 Å². The molecule has 1 aromatic heterocycles. The van der Waals surface area contributed by atoms with Gasteiger partial charge in [0.2, 0.25) is 5.91 Å². The van der Waals surface area contributed by atoms with E-state index in [4.69, 9.17) is 4.74 Å². The monoisotopic (exact) mass is 280 g/mol. The van der Waals surface area contributed by atoms with Crippen molar-refractivity contribution in [2.45, 2.75) is 39.7 Å². The Hall–Kier alpha value is -1.78. The van der Waals surface area contributed by atoms with E-state index in [9.17, 15) is 9.59 Å². The zero-order chi connectivity index (χ0) is 15.0. The first-order chi connectivity index (χ1) is 9.60. The van der Waals surface area contributed by atoms with E-state index in [0.717, 1.165) is 25.8 Å². The van der Waals surface area contributed by atoms with Gasteiger partial charge in [-0.05, 0) is 25.0 Å². The maximum atomic E-state index is 12.1. The summed E-state index contributed by atoms with van der Waals surface area (Å²) in [6, 6.07) is 3.37. The highest BCUT2D eigenvalue weighted by Crippen LogP contribution is 2.03. The minimum atomic E-state index is -0.252. The molecule has 5 nitrogen and oxygen atoms in total. The lowest BCUT2D eigenvalue weighted by Gasteiger charge is -2.17. The number of nitrogens with zero attached hydrogens (tertiary/aromatic N) is 2. The Balaban J connectivity index is 2.72. The van der Waals surface area contributed by atoms with Gasteiger partial charge in [-0.3, -0.25) is 9.59 Å². The van der Waals surface area contributed by atoms with Crippen molar-refractivity contribution in [3.8, 4) is 5.75 Å². The fourth-order valence-corrected chi connectivity index (χ4v) is 1.75. The van der Waals surface area contributed by atoms with Gasteiger partial charge in [0, 0.05) is 19.8 Å². The van der Waals surface area contributed by atoms with Crippen LogP contribution in [-0.4, -0.2) is 35.6 Å². The van der Waals surface area contributed by atoms with Crippen LogP contribution in [0.15, 0.2) is 23.1 Å². The van der Waals surface area contributed by atoms with E-state index in [2.05, 4.69) is 6.92 Å². The molecule has 0 unspecified atom stereocenters. The molecule has 0 saturated heterocycles. The molecule has 0 bridgehead atoms. The molecular weight excluding hydrogens is 256 g/mol. The number of carbonyl (C=O) groups is 1. The molecule has 0 spiro atoms. The van der Waals surface area contributed by atoms with Gasteiger partial charge >= 0.3 is 0 Å². The van der Waals surface area contributed by atoms with Crippen LogP contribution in [0.4, 0.5) is 0 Å². The summed E-state index contributed by atoms with van der Waals surface area (Å²) in [5.74, 6) is 0.242. The average molecular weight is 280 g/mol. The number of rotatable bonds is 8. The Bertz CT molecular complexity index is 482. The van der Waals surface area contributed by atoms with E-state index in [1.807, 2.05) is 6.92 Å². The van der Waals surface area contributed by atoms with Crippen LogP contribution in [0.3, 0.4) is 0 Å². The summed E-state index contributed by atoms with van der Waals surface area (Å²) in [6.07, 6.45) is 4.47. The summed E-state index contributed by atoms with van der Waals surface area (Å²) in [4.78, 5) is 25.8. The highest BCUT2D eigenvalue weighted by molar-refractivity contribution is 5.75. The molecule has 1 rings (SSSR count). The summed E-state index contributed by atoms with van der Waals surface area (Å²) < 4.78 is 6.77. The topological polar surface area (TPSA) is 51.5 Å². The molecule has 0 aromatic carbocycles. The maximum Gasteiger partial charge on any atom is 0.293 e. The molecule has 0 fully saturated rings. The first kappa shape index (κ1) is 16.3. The zero-order valence-electron chi connectivity index (χ0n) is 12.6. The number of hydrogen-bond donors (Lipinski definition) is 0. The van der Waals surface area contributed by atoms with Crippen molar-refractivity contribution in [3.05, 3.63) is 28.7 Å². The van der Waals surface area contributed by atoms with Crippen molar-refractivity contribution < 1.29 is 9.53 Å². The van der Waals surface area contributed by atoms with E-state index in [-0.39, 0.29) is 18.0 Å². The van der Waals surface area contributed by atoms with E-state index in [0.29, 0.717) is 12.4 Å². The first-order valence-corrected chi connectivity index (χ1v) is 7.16. The largest absolute Gasteiger partial charge is 0.488 e. The second-order valence-electron chi connectivity index (χ2n) is 4.82. The normalized spacial score (nSPS) is 10.3. The minimum absolute atomic E-state index is 0.0579. The lowest BCUT2D eigenvalue weighted by Crippen LogP contribution is -2.34. The summed E-state index contributed by atoms with van der Waals surface area (Å²) in [5.41, 5.74) is -0.252. The predicted octanol–water partition coefficient (Wildman–Crippen LogP) is 1.90. The van der Waals surface area contributed by atoms with Gasteiger partial charge in [-0.1, -0.05) is 20.3 Å². The molecule has 0 aliphatic heterocycles. The van der Waals surface area contributed by atoms with Gasteiger partial charge in [-0.25, -0.2) is 0 Å². The van der Waals surface area contributed by atoms with Gasteiger partial charge in [-0.2, -0.15) is 0 Å². The lowest BCUT2D eigenvalue weighted by atomic mass is 10.3. The summed E-state index contributed by atoms with van der Waals surface area (Å²) in [7, 11) is 1.76. The fourth-order valence-electron chi connectivity index (χ4n) is 1.75. The number of hydrogen-bond acceptors (Lipinski definition) is 3. The number of likely N-dealkylation sites (N-methyl/N-ethyl adjacent to an activating group) is 1. The molecule has 1 heterocycles. The van der Waals surface area contributed by atoms with Crippen LogP contribution >= 0.6 is 0 Å². The van der Waals surface area contributed by atoms with Crippen molar-refractivity contribution in [1.82, 2.24) is 9.47 Å². The molecule has 0 radical (unpaired) electrons. The third-order valence-electron chi connectivity index (χ3n) is 3.03. The van der Waals surface area contributed by atoms with Gasteiger partial charge < -0.3 is 14.2 Å². The third-order valence-corrected chi connectivity index (χ3v) is 3.03. The second-order valence-corrected chi connectivity index (χ2v) is 4.82. The van der Waals surface area contributed by atoms with E-state index in [1.54, 1.807) is 30.3 Å². The highest BCUT2D eigenvalue weighted by atomic mass is 16.5. The van der Waals surface area contributed by atoms with Crippen molar-refractivity contribution in [3.63, 3.8) is 0 Å². The number of pyridine rings is 1. The maximum absolute atomic E-state index is 12.1. The van der Waals surface area contributed by atoms with E-state index in [1.165, 1.54) is 4.57 Å². The number of amides is 1. The summed E-state index contributed by atoms with van der Waals surface area (Å²) >= 11 is 0. The molecule has 0 atom stereocenters. The Morgan fingerprint density at radius 3 is 2.75 bits per heavy atom. The van der Waals surface area contributed by atoms with Gasteiger partial charge in [0.05, 0.1) is 6.61 Å². The smallest absolute Gasteiger partial charge is 0.293 e. The zero-order valence-corrected chi connectivity index (χ0v) is 12.6. The Labute approximate surface area is 120 Å². The van der Waals surface area contributed by atoms with Crippen LogP contribution < -0.4 is 10.3 Å². The van der Waals surface area contributed by atoms with Gasteiger partial charge in [0.15, 0.2) is 5.75 Å². The molecule has 0 aliphatic rings. The van der Waals surface area contributed by atoms with Crippen molar-refractivity contribution >= 4 is 5.91 Å². The van der Waals surface area contributed by atoms with Crippen molar-refractivity contribution in [2.24, 2.45) is 0 Å². The SMILES string of the molecule is CCCCN(C)C(=O)Cn1cccc(OCCC)c1=O. The molecule has 5 heteroatoms. The van der Waals surface area contributed by atoms with Crippen LogP contribution in [0.5, 0.6) is 5.75 Å². The molecule has 20 heavy (non-hydrogen) atoms. The molecule has 0 saturated carbocycles. The number of ether oxygens (including phenoxy) is 1. The first-order valence-electron chi connectivity index (χ1n) is 7.16. The van der Waals surface area contributed by atoms with Crippen LogP contribution in [0, 0.1) is 0 Å². The molecular formula is C15H24N2O3. The molecule has 112 valence electrons. The molecule has 0 aliphatic carbocycles. The fraction of sp³-hybridized carbons (Fsp3) is 0.600. The van der Waals surface area contributed by atoms with Crippen LogP contribution in [-0.2, 0) is 11.3 Å². The Kier molecular flexibility index (Phi) is 6.84. The van der Waals surface area contributed by atoms with Gasteiger partial charge in [-0.15, -0.1) is 0 Å². The predicted molar refractivity (Wildman–Crippen MR) is 79.0 cm³/mol. The van der Waals surface area contributed by atoms with Crippen LogP contribution in [0.2, 0.25) is 0 Å². The second kappa shape index (κ2) is 8.40. The number of unbranched alkanes of at least 4 members (excludes halogenated alkanes) is 1. The molecule has 1 aromatic rings.